The summed E-state index contributed by atoms with van der Waals surface area (Å²) in [6.07, 6.45) is 16.7. The number of nitrogens with zero attached hydrogens (tertiary/aromatic N) is 1. The van der Waals surface area contributed by atoms with E-state index >= 15 is 0 Å². The van der Waals surface area contributed by atoms with Crippen LogP contribution in [0.25, 0.3) is 0 Å². The number of likely N-dealkylation sites (tertiary alicyclic amines) is 1. The smallest absolute Gasteiger partial charge is 0.0249 e. The molecule has 20 heavy (non-hydrogen) atoms. The second kappa shape index (κ2) is 7.51. The average molecular weight is 292 g/mol. The monoisotopic (exact) mass is 291 g/mol. The highest BCUT2D eigenvalue weighted by atomic mass is 32.1. The van der Waals surface area contributed by atoms with Crippen LogP contribution in [0, 0.1) is 11.3 Å². The average Bonchev–Trinajstić information content (AvgIpc) is 2.45. The SMILES string of the molecule is CCCCCN1CCC(CC2(C)C=CC=CC2=S)CC1. The Morgan fingerprint density at radius 2 is 2.00 bits per heavy atom. The third-order valence-corrected chi connectivity index (χ3v) is 5.49. The van der Waals surface area contributed by atoms with Crippen molar-refractivity contribution < 1.29 is 0 Å². The van der Waals surface area contributed by atoms with Crippen LogP contribution in [-0.4, -0.2) is 29.4 Å². The van der Waals surface area contributed by atoms with Crippen LogP contribution in [0.3, 0.4) is 0 Å². The van der Waals surface area contributed by atoms with Gasteiger partial charge in [0.25, 0.3) is 0 Å². The molecule has 2 heteroatoms. The highest BCUT2D eigenvalue weighted by Crippen LogP contribution is 2.36. The molecule has 1 aliphatic heterocycles. The Hall–Kier alpha value is -0.470. The molecule has 0 bridgehead atoms. The third kappa shape index (κ3) is 4.26. The Morgan fingerprint density at radius 3 is 2.65 bits per heavy atom. The fourth-order valence-electron chi connectivity index (χ4n) is 3.45. The van der Waals surface area contributed by atoms with E-state index in [9.17, 15) is 0 Å². The maximum Gasteiger partial charge on any atom is 0.0249 e. The van der Waals surface area contributed by atoms with Gasteiger partial charge in [0, 0.05) is 10.3 Å². The summed E-state index contributed by atoms with van der Waals surface area (Å²) in [5.41, 5.74) is 0.124. The molecule has 2 aliphatic rings. The van der Waals surface area contributed by atoms with Gasteiger partial charge in [-0.25, -0.2) is 0 Å². The normalized spacial score (nSPS) is 28.2. The van der Waals surface area contributed by atoms with Crippen molar-refractivity contribution in [3.05, 3.63) is 24.3 Å². The molecule has 1 nitrogen and oxygen atoms in total. The van der Waals surface area contributed by atoms with Crippen molar-refractivity contribution in [2.24, 2.45) is 11.3 Å². The Bertz CT molecular complexity index is 377. The zero-order chi connectivity index (χ0) is 14.4. The highest BCUT2D eigenvalue weighted by Gasteiger charge is 2.31. The molecular weight excluding hydrogens is 262 g/mol. The minimum Gasteiger partial charge on any atom is -0.303 e. The fraction of sp³-hybridized carbons (Fsp3) is 0.722. The highest BCUT2D eigenvalue weighted by molar-refractivity contribution is 7.80. The summed E-state index contributed by atoms with van der Waals surface area (Å²) in [5, 5.41) is 0. The number of unbranched alkanes of at least 4 members (excludes halogenated alkanes) is 2. The van der Waals surface area contributed by atoms with Gasteiger partial charge >= 0.3 is 0 Å². The van der Waals surface area contributed by atoms with E-state index in [4.69, 9.17) is 12.2 Å². The molecule has 1 aliphatic carbocycles. The van der Waals surface area contributed by atoms with Gasteiger partial charge in [0.1, 0.15) is 0 Å². The number of hydrogen-bond donors (Lipinski definition) is 0. The van der Waals surface area contributed by atoms with Gasteiger partial charge in [0.15, 0.2) is 0 Å². The van der Waals surface area contributed by atoms with Gasteiger partial charge in [-0.05, 0) is 57.3 Å². The lowest BCUT2D eigenvalue weighted by Gasteiger charge is -2.37. The summed E-state index contributed by atoms with van der Waals surface area (Å²) in [6, 6.07) is 0. The number of hydrogen-bond acceptors (Lipinski definition) is 2. The Balaban J connectivity index is 1.75. The number of allylic oxidation sites excluding steroid dienone is 4. The summed E-state index contributed by atoms with van der Waals surface area (Å²) in [6.45, 7) is 8.47. The van der Waals surface area contributed by atoms with E-state index in [-0.39, 0.29) is 5.41 Å². The van der Waals surface area contributed by atoms with Crippen molar-refractivity contribution in [2.45, 2.75) is 52.4 Å². The van der Waals surface area contributed by atoms with Gasteiger partial charge in [-0.15, -0.1) is 0 Å². The second-order valence-corrected chi connectivity index (χ2v) is 7.14. The maximum absolute atomic E-state index is 5.55. The molecule has 1 unspecified atom stereocenters. The molecule has 0 saturated carbocycles. The Kier molecular flexibility index (Phi) is 5.98. The van der Waals surface area contributed by atoms with Crippen LogP contribution in [0.4, 0.5) is 0 Å². The van der Waals surface area contributed by atoms with Crippen LogP contribution in [0.1, 0.15) is 52.4 Å². The quantitative estimate of drug-likeness (QED) is 0.512. The molecular formula is C18H29NS. The van der Waals surface area contributed by atoms with Crippen molar-refractivity contribution in [1.29, 1.82) is 0 Å². The molecule has 112 valence electrons. The number of rotatable bonds is 6. The standard InChI is InChI=1S/C18H29NS/c1-3-4-7-12-19-13-9-16(10-14-19)15-18(2)11-6-5-8-17(18)20/h5-6,8,11,16H,3-4,7,9-10,12-15H2,1-2H3. The van der Waals surface area contributed by atoms with E-state index in [0.717, 1.165) is 10.8 Å². The van der Waals surface area contributed by atoms with Gasteiger partial charge in [0.2, 0.25) is 0 Å². The van der Waals surface area contributed by atoms with Gasteiger partial charge < -0.3 is 4.90 Å². The topological polar surface area (TPSA) is 3.24 Å². The first kappa shape index (κ1) is 15.9. The van der Waals surface area contributed by atoms with Gasteiger partial charge in [-0.2, -0.15) is 0 Å². The van der Waals surface area contributed by atoms with E-state index in [1.165, 1.54) is 58.2 Å². The van der Waals surface area contributed by atoms with Gasteiger partial charge in [-0.3, -0.25) is 0 Å². The molecule has 0 aromatic carbocycles. The molecule has 0 aromatic heterocycles. The number of thiocarbonyl (C=S) groups is 1. The molecule has 0 N–H and O–H groups in total. The van der Waals surface area contributed by atoms with Crippen molar-refractivity contribution in [1.82, 2.24) is 4.90 Å². The molecule has 2 rings (SSSR count). The van der Waals surface area contributed by atoms with E-state index in [2.05, 4.69) is 43.1 Å². The first-order chi connectivity index (χ1) is 9.64. The largest absolute Gasteiger partial charge is 0.303 e. The van der Waals surface area contributed by atoms with Crippen LogP contribution < -0.4 is 0 Å². The van der Waals surface area contributed by atoms with E-state index < -0.39 is 0 Å². The lowest BCUT2D eigenvalue weighted by atomic mass is 9.74. The van der Waals surface area contributed by atoms with Gasteiger partial charge in [-0.1, -0.05) is 57.1 Å². The predicted molar refractivity (Wildman–Crippen MR) is 92.3 cm³/mol. The van der Waals surface area contributed by atoms with Crippen molar-refractivity contribution in [3.63, 3.8) is 0 Å². The van der Waals surface area contributed by atoms with Crippen LogP contribution in [0.15, 0.2) is 24.3 Å². The zero-order valence-corrected chi connectivity index (χ0v) is 13.9. The molecule has 1 heterocycles. The molecule has 1 saturated heterocycles. The summed E-state index contributed by atoms with van der Waals surface area (Å²) in [5.74, 6) is 0.844. The summed E-state index contributed by atoms with van der Waals surface area (Å²) in [4.78, 5) is 3.77. The van der Waals surface area contributed by atoms with E-state index in [1.54, 1.807) is 0 Å². The minimum absolute atomic E-state index is 0.124. The zero-order valence-electron chi connectivity index (χ0n) is 13.1. The van der Waals surface area contributed by atoms with Crippen molar-refractivity contribution in [3.8, 4) is 0 Å². The molecule has 1 atom stereocenters. The molecule has 1 fully saturated rings. The first-order valence-electron chi connectivity index (χ1n) is 8.27. The van der Waals surface area contributed by atoms with Crippen LogP contribution in [-0.2, 0) is 0 Å². The van der Waals surface area contributed by atoms with E-state index in [0.29, 0.717) is 0 Å². The fourth-order valence-corrected chi connectivity index (χ4v) is 3.68. The van der Waals surface area contributed by atoms with Crippen LogP contribution in [0.2, 0.25) is 0 Å². The molecule has 0 amide bonds. The summed E-state index contributed by atoms with van der Waals surface area (Å²) in [7, 11) is 0. The van der Waals surface area contributed by atoms with Crippen molar-refractivity contribution in [2.75, 3.05) is 19.6 Å². The lowest BCUT2D eigenvalue weighted by Crippen LogP contribution is -2.37. The van der Waals surface area contributed by atoms with Crippen molar-refractivity contribution >= 4 is 17.1 Å². The Labute approximate surface area is 130 Å². The maximum atomic E-state index is 5.55. The predicted octanol–water partition coefficient (Wildman–Crippen LogP) is 4.78. The second-order valence-electron chi connectivity index (χ2n) is 6.70. The van der Waals surface area contributed by atoms with Crippen LogP contribution >= 0.6 is 12.2 Å². The summed E-state index contributed by atoms with van der Waals surface area (Å²) >= 11 is 5.55. The Morgan fingerprint density at radius 1 is 1.25 bits per heavy atom. The van der Waals surface area contributed by atoms with Gasteiger partial charge in [0.05, 0.1) is 0 Å². The molecule has 0 aromatic rings. The first-order valence-corrected chi connectivity index (χ1v) is 8.67. The number of piperidine rings is 1. The molecule has 0 spiro atoms. The third-order valence-electron chi connectivity index (χ3n) is 4.88. The lowest BCUT2D eigenvalue weighted by molar-refractivity contribution is 0.165. The van der Waals surface area contributed by atoms with Crippen LogP contribution in [0.5, 0.6) is 0 Å². The summed E-state index contributed by atoms with van der Waals surface area (Å²) < 4.78 is 0. The molecule has 0 radical (unpaired) electrons. The van der Waals surface area contributed by atoms with E-state index in [1.807, 2.05) is 0 Å². The minimum atomic E-state index is 0.124.